The maximum absolute atomic E-state index is 12.4. The van der Waals surface area contributed by atoms with Gasteiger partial charge in [0, 0.05) is 25.4 Å². The number of hydrogen-bond acceptors (Lipinski definition) is 4. The lowest BCUT2D eigenvalue weighted by Gasteiger charge is -2.24. The molecule has 0 radical (unpaired) electrons. The highest BCUT2D eigenvalue weighted by Gasteiger charge is 2.20. The summed E-state index contributed by atoms with van der Waals surface area (Å²) >= 11 is 6.26. The molecule has 0 saturated carbocycles. The first-order valence-corrected chi connectivity index (χ1v) is 9.96. The number of carbonyl (C=O) groups is 2. The molecule has 1 aliphatic heterocycles. The number of nitrogens with one attached hydrogen (secondary N) is 1. The Balaban J connectivity index is 1.91. The van der Waals surface area contributed by atoms with Crippen molar-refractivity contribution in [2.45, 2.75) is 52.2 Å². The number of ether oxygens (including phenoxy) is 2. The van der Waals surface area contributed by atoms with Crippen LogP contribution in [0.1, 0.15) is 50.4 Å². The van der Waals surface area contributed by atoms with Crippen LogP contribution in [0.25, 0.3) is 0 Å². The fourth-order valence-electron chi connectivity index (χ4n) is 2.96. The zero-order valence-electron chi connectivity index (χ0n) is 16.3. The average molecular weight is 397 g/mol. The summed E-state index contributed by atoms with van der Waals surface area (Å²) in [6, 6.07) is 4.91. The van der Waals surface area contributed by atoms with Crippen LogP contribution in [0.5, 0.6) is 0 Å². The summed E-state index contributed by atoms with van der Waals surface area (Å²) in [4.78, 5) is 26.4. The van der Waals surface area contributed by atoms with Gasteiger partial charge >= 0.3 is 0 Å². The molecule has 1 aliphatic rings. The van der Waals surface area contributed by atoms with Gasteiger partial charge in [-0.2, -0.15) is 0 Å². The van der Waals surface area contributed by atoms with Crippen molar-refractivity contribution < 1.29 is 19.1 Å². The standard InChI is InChI=1S/C20H29ClN2O4/c1-4-23(5-2)20(25)17-10-9-15(12-18(17)21)22-19(24)14(3)27-13-16-8-6-7-11-26-16/h9-10,12,14,16H,4-8,11,13H2,1-3H3,(H,22,24). The second-order valence-electron chi connectivity index (χ2n) is 6.63. The number of nitrogens with zero attached hydrogens (tertiary/aromatic N) is 1. The number of amides is 2. The average Bonchev–Trinajstić information content (AvgIpc) is 2.67. The lowest BCUT2D eigenvalue weighted by atomic mass is 10.1. The predicted octanol–water partition coefficient (Wildman–Crippen LogP) is 3.73. The Kier molecular flexibility index (Phi) is 8.54. The van der Waals surface area contributed by atoms with Gasteiger partial charge in [-0.05, 0) is 58.2 Å². The van der Waals surface area contributed by atoms with Crippen LogP contribution < -0.4 is 5.32 Å². The molecule has 2 atom stereocenters. The van der Waals surface area contributed by atoms with Crippen molar-refractivity contribution in [2.75, 3.05) is 31.6 Å². The van der Waals surface area contributed by atoms with Crippen LogP contribution in [0.2, 0.25) is 5.02 Å². The summed E-state index contributed by atoms with van der Waals surface area (Å²) in [7, 11) is 0. The number of anilines is 1. The largest absolute Gasteiger partial charge is 0.376 e. The monoisotopic (exact) mass is 396 g/mol. The third-order valence-electron chi connectivity index (χ3n) is 4.69. The predicted molar refractivity (Wildman–Crippen MR) is 106 cm³/mol. The highest BCUT2D eigenvalue weighted by Crippen LogP contribution is 2.23. The Bertz CT molecular complexity index is 643. The van der Waals surface area contributed by atoms with Gasteiger partial charge in [0.15, 0.2) is 0 Å². The Morgan fingerprint density at radius 3 is 2.67 bits per heavy atom. The van der Waals surface area contributed by atoms with Crippen LogP contribution in [0.15, 0.2) is 18.2 Å². The highest BCUT2D eigenvalue weighted by molar-refractivity contribution is 6.34. The summed E-state index contributed by atoms with van der Waals surface area (Å²) < 4.78 is 11.2. The molecular formula is C20H29ClN2O4. The fraction of sp³-hybridized carbons (Fsp3) is 0.600. The smallest absolute Gasteiger partial charge is 0.255 e. The molecular weight excluding hydrogens is 368 g/mol. The number of carbonyl (C=O) groups excluding carboxylic acids is 2. The minimum Gasteiger partial charge on any atom is -0.376 e. The topological polar surface area (TPSA) is 67.9 Å². The molecule has 2 rings (SSSR count). The third kappa shape index (κ3) is 6.19. The van der Waals surface area contributed by atoms with Crippen molar-refractivity contribution in [1.29, 1.82) is 0 Å². The summed E-state index contributed by atoms with van der Waals surface area (Å²) in [6.45, 7) is 7.94. The summed E-state index contributed by atoms with van der Waals surface area (Å²) in [5.74, 6) is -0.378. The van der Waals surface area contributed by atoms with Crippen LogP contribution in [0.3, 0.4) is 0 Å². The van der Waals surface area contributed by atoms with Crippen molar-refractivity contribution in [1.82, 2.24) is 4.90 Å². The summed E-state index contributed by atoms with van der Waals surface area (Å²) in [5.41, 5.74) is 0.961. The van der Waals surface area contributed by atoms with E-state index in [1.807, 2.05) is 13.8 Å². The molecule has 0 aromatic heterocycles. The molecule has 7 heteroatoms. The quantitative estimate of drug-likeness (QED) is 0.726. The summed E-state index contributed by atoms with van der Waals surface area (Å²) in [6.07, 6.45) is 2.64. The van der Waals surface area contributed by atoms with E-state index in [2.05, 4.69) is 5.32 Å². The van der Waals surface area contributed by atoms with E-state index in [9.17, 15) is 9.59 Å². The molecule has 0 bridgehead atoms. The third-order valence-corrected chi connectivity index (χ3v) is 5.01. The van der Waals surface area contributed by atoms with Gasteiger partial charge in [0.25, 0.3) is 11.8 Å². The zero-order valence-corrected chi connectivity index (χ0v) is 17.1. The second kappa shape index (κ2) is 10.6. The van der Waals surface area contributed by atoms with Crippen molar-refractivity contribution in [3.63, 3.8) is 0 Å². The summed E-state index contributed by atoms with van der Waals surface area (Å²) in [5, 5.41) is 3.09. The van der Waals surface area contributed by atoms with Crippen LogP contribution in [-0.4, -0.2) is 55.2 Å². The molecule has 1 fully saturated rings. The van der Waals surface area contributed by atoms with Gasteiger partial charge in [0.2, 0.25) is 0 Å². The first-order valence-electron chi connectivity index (χ1n) is 9.59. The highest BCUT2D eigenvalue weighted by atomic mass is 35.5. The van der Waals surface area contributed by atoms with Gasteiger partial charge in [-0.1, -0.05) is 11.6 Å². The molecule has 2 unspecified atom stereocenters. The van der Waals surface area contributed by atoms with Gasteiger partial charge in [0.1, 0.15) is 6.10 Å². The molecule has 0 aliphatic carbocycles. The number of halogens is 1. The Morgan fingerprint density at radius 1 is 1.33 bits per heavy atom. The first-order chi connectivity index (χ1) is 13.0. The van der Waals surface area contributed by atoms with Gasteiger partial charge in [-0.15, -0.1) is 0 Å². The molecule has 6 nitrogen and oxygen atoms in total. The van der Waals surface area contributed by atoms with Gasteiger partial charge < -0.3 is 19.7 Å². The Hall–Kier alpha value is -1.63. The van der Waals surface area contributed by atoms with Crippen molar-refractivity contribution >= 4 is 29.1 Å². The van der Waals surface area contributed by atoms with Crippen molar-refractivity contribution in [2.24, 2.45) is 0 Å². The van der Waals surface area contributed by atoms with Gasteiger partial charge in [-0.3, -0.25) is 9.59 Å². The first kappa shape index (κ1) is 21.7. The normalized spacial score (nSPS) is 18.0. The second-order valence-corrected chi connectivity index (χ2v) is 7.03. The minimum atomic E-state index is -0.605. The molecule has 2 amide bonds. The van der Waals surface area contributed by atoms with E-state index in [0.29, 0.717) is 36.0 Å². The minimum absolute atomic E-state index is 0.0637. The van der Waals surface area contributed by atoms with Crippen LogP contribution in [0, 0.1) is 0 Å². The molecule has 0 spiro atoms. The molecule has 1 heterocycles. The van der Waals surface area contributed by atoms with Gasteiger partial charge in [0.05, 0.1) is 23.3 Å². The molecule has 1 aromatic carbocycles. The van der Waals surface area contributed by atoms with Crippen molar-refractivity contribution in [3.05, 3.63) is 28.8 Å². The SMILES string of the molecule is CCN(CC)C(=O)c1ccc(NC(=O)C(C)OCC2CCCCO2)cc1Cl. The molecule has 150 valence electrons. The van der Waals surface area contributed by atoms with E-state index in [4.69, 9.17) is 21.1 Å². The van der Waals surface area contributed by atoms with E-state index in [1.54, 1.807) is 30.0 Å². The van der Waals surface area contributed by atoms with E-state index in [1.165, 1.54) is 0 Å². The number of benzene rings is 1. The van der Waals surface area contributed by atoms with E-state index in [-0.39, 0.29) is 17.9 Å². The Labute approximate surface area is 166 Å². The molecule has 1 saturated heterocycles. The number of rotatable bonds is 8. The van der Waals surface area contributed by atoms with E-state index in [0.717, 1.165) is 25.9 Å². The maximum Gasteiger partial charge on any atom is 0.255 e. The Morgan fingerprint density at radius 2 is 2.07 bits per heavy atom. The molecule has 1 aromatic rings. The van der Waals surface area contributed by atoms with Crippen molar-refractivity contribution in [3.8, 4) is 0 Å². The van der Waals surface area contributed by atoms with Gasteiger partial charge in [-0.25, -0.2) is 0 Å². The van der Waals surface area contributed by atoms with Crippen LogP contribution >= 0.6 is 11.6 Å². The maximum atomic E-state index is 12.4. The lowest BCUT2D eigenvalue weighted by Crippen LogP contribution is -2.32. The lowest BCUT2D eigenvalue weighted by molar-refractivity contribution is -0.130. The van der Waals surface area contributed by atoms with Crippen LogP contribution in [0.4, 0.5) is 5.69 Å². The molecule has 1 N–H and O–H groups in total. The number of hydrogen-bond donors (Lipinski definition) is 1. The zero-order chi connectivity index (χ0) is 19.8. The van der Waals surface area contributed by atoms with E-state index >= 15 is 0 Å². The molecule has 27 heavy (non-hydrogen) atoms. The van der Waals surface area contributed by atoms with Crippen LogP contribution in [-0.2, 0) is 14.3 Å². The van der Waals surface area contributed by atoms with E-state index < -0.39 is 6.10 Å². The fourth-order valence-corrected chi connectivity index (χ4v) is 3.22.